The number of amides is 1. The molecule has 0 unspecified atom stereocenters. The minimum absolute atomic E-state index is 0.00701. The summed E-state index contributed by atoms with van der Waals surface area (Å²) in [5.74, 6) is 0.715. The molecule has 0 atom stereocenters. The van der Waals surface area contributed by atoms with Crippen molar-refractivity contribution in [3.05, 3.63) is 35.5 Å². The molecule has 1 saturated heterocycles. The summed E-state index contributed by atoms with van der Waals surface area (Å²) in [5.41, 5.74) is 2.19. The molecule has 0 spiro atoms. The van der Waals surface area contributed by atoms with Gasteiger partial charge in [-0.05, 0) is 65.7 Å². The van der Waals surface area contributed by atoms with Crippen molar-refractivity contribution in [1.82, 2.24) is 15.6 Å². The number of pyridine rings is 1. The molecule has 0 aliphatic carbocycles. The molecule has 0 bridgehead atoms. The molecular formula is C21H29N3O2. The number of nitrogens with one attached hydrogen (secondary N) is 2. The Morgan fingerprint density at radius 3 is 2.46 bits per heavy atom. The number of carbonyl (C=O) groups excluding carboxylic acids is 1. The summed E-state index contributed by atoms with van der Waals surface area (Å²) < 4.78 is 5.25. The van der Waals surface area contributed by atoms with E-state index in [4.69, 9.17) is 4.74 Å². The molecule has 0 saturated carbocycles. The molecular weight excluding hydrogens is 326 g/mol. The van der Waals surface area contributed by atoms with Crippen LogP contribution in [0.4, 0.5) is 0 Å². The first-order chi connectivity index (χ1) is 12.1. The number of aromatic nitrogens is 1. The van der Waals surface area contributed by atoms with Gasteiger partial charge >= 0.3 is 0 Å². The minimum Gasteiger partial charge on any atom is -0.497 e. The summed E-state index contributed by atoms with van der Waals surface area (Å²) in [6, 6.07) is 7.78. The highest BCUT2D eigenvalue weighted by atomic mass is 16.5. The molecule has 5 heteroatoms. The Hall–Kier alpha value is -2.14. The van der Waals surface area contributed by atoms with E-state index in [1.165, 1.54) is 0 Å². The van der Waals surface area contributed by atoms with Gasteiger partial charge in [0.15, 0.2) is 0 Å². The average Bonchev–Trinajstić information content (AvgIpc) is 2.50. The summed E-state index contributed by atoms with van der Waals surface area (Å²) >= 11 is 0. The predicted octanol–water partition coefficient (Wildman–Crippen LogP) is 3.59. The van der Waals surface area contributed by atoms with Crippen molar-refractivity contribution in [2.24, 2.45) is 0 Å². The zero-order chi connectivity index (χ0) is 19.1. The lowest BCUT2D eigenvalue weighted by molar-refractivity contribution is 0.0872. The molecule has 2 heterocycles. The van der Waals surface area contributed by atoms with Gasteiger partial charge in [0.25, 0.3) is 5.91 Å². The molecule has 1 aliphatic heterocycles. The van der Waals surface area contributed by atoms with Crippen LogP contribution >= 0.6 is 0 Å². The predicted molar refractivity (Wildman–Crippen MR) is 105 cm³/mol. The fourth-order valence-electron chi connectivity index (χ4n) is 4.29. The van der Waals surface area contributed by atoms with E-state index in [-0.39, 0.29) is 23.0 Å². The van der Waals surface area contributed by atoms with Crippen LogP contribution < -0.4 is 15.4 Å². The molecule has 5 nitrogen and oxygen atoms in total. The highest BCUT2D eigenvalue weighted by molar-refractivity contribution is 5.99. The van der Waals surface area contributed by atoms with Gasteiger partial charge in [0.2, 0.25) is 0 Å². The maximum Gasteiger partial charge on any atom is 0.253 e. The largest absolute Gasteiger partial charge is 0.497 e. The monoisotopic (exact) mass is 355 g/mol. The number of carbonyl (C=O) groups is 1. The molecule has 1 aromatic heterocycles. The smallest absolute Gasteiger partial charge is 0.253 e. The second kappa shape index (κ2) is 6.54. The highest BCUT2D eigenvalue weighted by Gasteiger charge is 2.38. The van der Waals surface area contributed by atoms with Gasteiger partial charge in [0.1, 0.15) is 5.75 Å². The number of ether oxygens (including phenoxy) is 1. The summed E-state index contributed by atoms with van der Waals surface area (Å²) in [5, 5.41) is 7.81. The second-order valence-corrected chi connectivity index (χ2v) is 8.65. The van der Waals surface area contributed by atoms with E-state index >= 15 is 0 Å². The lowest BCUT2D eigenvalue weighted by Crippen LogP contribution is -2.62. The Kier molecular flexibility index (Phi) is 4.69. The molecule has 2 aromatic rings. The van der Waals surface area contributed by atoms with Crippen LogP contribution in [0.5, 0.6) is 5.75 Å². The summed E-state index contributed by atoms with van der Waals surface area (Å²) in [4.78, 5) is 17.5. The number of methoxy groups -OCH3 is 1. The first kappa shape index (κ1) is 18.6. The molecule has 0 radical (unpaired) electrons. The minimum atomic E-state index is -0.0498. The number of hydrogen-bond donors (Lipinski definition) is 2. The topological polar surface area (TPSA) is 63.2 Å². The van der Waals surface area contributed by atoms with Gasteiger partial charge in [0.05, 0.1) is 23.9 Å². The molecule has 1 fully saturated rings. The third-order valence-corrected chi connectivity index (χ3v) is 4.99. The maximum atomic E-state index is 12.9. The standard InChI is InChI=1S/C21H29N3O2/c1-13-17(9-14-7-8-16(26-6)10-18(14)22-13)19(25)23-15-11-20(2,3)24-21(4,5)12-15/h7-10,15,24H,11-12H2,1-6H3,(H,23,25). The van der Waals surface area contributed by atoms with Crippen LogP contribution in [0.2, 0.25) is 0 Å². The van der Waals surface area contributed by atoms with E-state index in [0.29, 0.717) is 5.56 Å². The molecule has 3 rings (SSSR count). The average molecular weight is 355 g/mol. The number of aryl methyl sites for hydroxylation is 1. The van der Waals surface area contributed by atoms with E-state index in [1.54, 1.807) is 7.11 Å². The highest BCUT2D eigenvalue weighted by Crippen LogP contribution is 2.29. The zero-order valence-corrected chi connectivity index (χ0v) is 16.6. The van der Waals surface area contributed by atoms with Gasteiger partial charge in [-0.2, -0.15) is 0 Å². The van der Waals surface area contributed by atoms with Crippen molar-refractivity contribution in [3.8, 4) is 5.75 Å². The van der Waals surface area contributed by atoms with Crippen LogP contribution in [-0.4, -0.2) is 35.1 Å². The van der Waals surface area contributed by atoms with Crippen LogP contribution in [0.25, 0.3) is 10.9 Å². The normalized spacial score (nSPS) is 19.3. The summed E-state index contributed by atoms with van der Waals surface area (Å²) in [6.07, 6.45) is 1.80. The van der Waals surface area contributed by atoms with Crippen LogP contribution in [0.3, 0.4) is 0 Å². The van der Waals surface area contributed by atoms with Crippen molar-refractivity contribution < 1.29 is 9.53 Å². The van der Waals surface area contributed by atoms with Gasteiger partial charge in [-0.25, -0.2) is 0 Å². The quantitative estimate of drug-likeness (QED) is 0.883. The fourth-order valence-corrected chi connectivity index (χ4v) is 4.29. The second-order valence-electron chi connectivity index (χ2n) is 8.65. The van der Waals surface area contributed by atoms with E-state index in [1.807, 2.05) is 31.2 Å². The molecule has 1 amide bonds. The first-order valence-corrected chi connectivity index (χ1v) is 9.14. The van der Waals surface area contributed by atoms with Crippen LogP contribution in [0.15, 0.2) is 24.3 Å². The number of rotatable bonds is 3. The molecule has 1 aliphatic rings. The number of hydrogen-bond acceptors (Lipinski definition) is 4. The number of piperidine rings is 1. The summed E-state index contributed by atoms with van der Waals surface area (Å²) in [7, 11) is 1.64. The maximum absolute atomic E-state index is 12.9. The molecule has 1 aromatic carbocycles. The molecule has 140 valence electrons. The third-order valence-electron chi connectivity index (χ3n) is 4.99. The Morgan fingerprint density at radius 1 is 1.19 bits per heavy atom. The summed E-state index contributed by atoms with van der Waals surface area (Å²) in [6.45, 7) is 10.6. The number of fused-ring (bicyclic) bond motifs is 1. The molecule has 26 heavy (non-hydrogen) atoms. The van der Waals surface area contributed by atoms with Crippen molar-refractivity contribution in [2.75, 3.05) is 7.11 Å². The lowest BCUT2D eigenvalue weighted by Gasteiger charge is -2.46. The van der Waals surface area contributed by atoms with Crippen LogP contribution in [0.1, 0.15) is 56.6 Å². The third kappa shape index (κ3) is 3.98. The Balaban J connectivity index is 1.84. The number of benzene rings is 1. The van der Waals surface area contributed by atoms with Crippen molar-refractivity contribution >= 4 is 16.8 Å². The lowest BCUT2D eigenvalue weighted by atomic mass is 9.79. The van der Waals surface area contributed by atoms with E-state index in [0.717, 1.165) is 35.2 Å². The van der Waals surface area contributed by atoms with E-state index < -0.39 is 0 Å². The van der Waals surface area contributed by atoms with E-state index in [2.05, 4.69) is 43.3 Å². The van der Waals surface area contributed by atoms with Gasteiger partial charge in [-0.3, -0.25) is 9.78 Å². The first-order valence-electron chi connectivity index (χ1n) is 9.14. The SMILES string of the molecule is COc1ccc2cc(C(=O)NC3CC(C)(C)NC(C)(C)C3)c(C)nc2c1. The van der Waals surface area contributed by atoms with Gasteiger partial charge in [-0.15, -0.1) is 0 Å². The van der Waals surface area contributed by atoms with Crippen molar-refractivity contribution in [1.29, 1.82) is 0 Å². The molecule has 2 N–H and O–H groups in total. The van der Waals surface area contributed by atoms with Gasteiger partial charge in [0, 0.05) is 28.6 Å². The Bertz CT molecular complexity index is 827. The Labute approximate surface area is 155 Å². The fraction of sp³-hybridized carbons (Fsp3) is 0.524. The van der Waals surface area contributed by atoms with Gasteiger partial charge < -0.3 is 15.4 Å². The van der Waals surface area contributed by atoms with Crippen LogP contribution in [-0.2, 0) is 0 Å². The Morgan fingerprint density at radius 2 is 1.85 bits per heavy atom. The number of nitrogens with zero attached hydrogens (tertiary/aromatic N) is 1. The van der Waals surface area contributed by atoms with E-state index in [9.17, 15) is 4.79 Å². The zero-order valence-electron chi connectivity index (χ0n) is 16.6. The van der Waals surface area contributed by atoms with Crippen LogP contribution in [0, 0.1) is 6.92 Å². The van der Waals surface area contributed by atoms with Crippen molar-refractivity contribution in [3.63, 3.8) is 0 Å². The van der Waals surface area contributed by atoms with Gasteiger partial charge in [-0.1, -0.05) is 0 Å². The van der Waals surface area contributed by atoms with Crippen molar-refractivity contribution in [2.45, 2.75) is 64.6 Å².